The molecule has 17 heavy (non-hydrogen) atoms. The molecule has 98 valence electrons. The largest absolute Gasteiger partial charge is 0.311 e. The second-order valence-corrected chi connectivity index (χ2v) is 7.60. The van der Waals surface area contributed by atoms with Crippen LogP contribution in [0.1, 0.15) is 45.4 Å². The van der Waals surface area contributed by atoms with Crippen LogP contribution in [-0.2, 0) is 0 Å². The lowest BCUT2D eigenvalue weighted by atomic mass is 9.79. The highest BCUT2D eigenvalue weighted by Crippen LogP contribution is 2.58. The van der Waals surface area contributed by atoms with Gasteiger partial charge in [0.25, 0.3) is 0 Å². The fraction of sp³-hybridized carbons (Fsp3) is 1.00. The van der Waals surface area contributed by atoms with Crippen molar-refractivity contribution in [3.8, 4) is 0 Å². The van der Waals surface area contributed by atoms with E-state index in [2.05, 4.69) is 18.5 Å². The molecule has 3 aliphatic rings. The molecule has 0 radical (unpaired) electrons. The van der Waals surface area contributed by atoms with Crippen molar-refractivity contribution in [1.29, 1.82) is 0 Å². The first-order valence-electron chi connectivity index (χ1n) is 7.54. The third kappa shape index (κ3) is 2.28. The summed E-state index contributed by atoms with van der Waals surface area (Å²) in [6.45, 7) is 2.38. The maximum Gasteiger partial charge on any atom is 0.0103 e. The molecule has 1 nitrogen and oxygen atoms in total. The fourth-order valence-electron chi connectivity index (χ4n) is 5.00. The zero-order valence-electron chi connectivity index (χ0n) is 11.3. The van der Waals surface area contributed by atoms with Gasteiger partial charge in [-0.1, -0.05) is 6.42 Å². The lowest BCUT2D eigenvalue weighted by molar-refractivity contribution is 0.199. The van der Waals surface area contributed by atoms with E-state index in [9.17, 15) is 0 Å². The fourth-order valence-corrected chi connectivity index (χ4v) is 5.59. The summed E-state index contributed by atoms with van der Waals surface area (Å²) in [5.74, 6) is 5.70. The maximum atomic E-state index is 3.94. The Bertz CT molecular complexity index is 268. The molecule has 0 spiro atoms. The van der Waals surface area contributed by atoms with Crippen molar-refractivity contribution in [2.24, 2.45) is 23.7 Å². The first-order valence-corrected chi connectivity index (χ1v) is 8.94. The van der Waals surface area contributed by atoms with E-state index in [1.165, 1.54) is 25.0 Å². The van der Waals surface area contributed by atoms with Crippen LogP contribution in [0.25, 0.3) is 0 Å². The zero-order chi connectivity index (χ0) is 11.8. The summed E-state index contributed by atoms with van der Waals surface area (Å²) in [5.41, 5.74) is 0. The van der Waals surface area contributed by atoms with E-state index in [0.717, 1.165) is 35.8 Å². The third-order valence-corrected chi connectivity index (χ3v) is 6.33. The molecule has 0 heterocycles. The number of hydrogen-bond donors (Lipinski definition) is 1. The maximum absolute atomic E-state index is 3.94. The molecule has 0 saturated heterocycles. The second-order valence-electron chi connectivity index (χ2n) is 6.61. The van der Waals surface area contributed by atoms with E-state index >= 15 is 0 Å². The summed E-state index contributed by atoms with van der Waals surface area (Å²) < 4.78 is 0. The number of nitrogens with one attached hydrogen (secondary N) is 1. The van der Waals surface area contributed by atoms with Gasteiger partial charge in [-0.3, -0.25) is 0 Å². The first kappa shape index (κ1) is 12.3. The van der Waals surface area contributed by atoms with Gasteiger partial charge in [-0.05, 0) is 74.7 Å². The Kier molecular flexibility index (Phi) is 3.72. The highest BCUT2D eigenvalue weighted by atomic mass is 32.2. The predicted octanol–water partition coefficient (Wildman–Crippen LogP) is 3.54. The molecular weight excluding hydrogens is 226 g/mol. The first-order chi connectivity index (χ1) is 8.29. The van der Waals surface area contributed by atoms with Crippen LogP contribution < -0.4 is 5.32 Å². The van der Waals surface area contributed by atoms with Gasteiger partial charge in [-0.15, -0.1) is 0 Å². The van der Waals surface area contributed by atoms with Gasteiger partial charge in [0, 0.05) is 12.1 Å². The Labute approximate surface area is 111 Å². The molecule has 2 bridgehead atoms. The van der Waals surface area contributed by atoms with E-state index in [-0.39, 0.29) is 0 Å². The molecule has 6 unspecified atom stereocenters. The van der Waals surface area contributed by atoms with Crippen LogP contribution in [0, 0.1) is 23.7 Å². The number of thioether (sulfide) groups is 1. The molecular formula is C15H27NS. The lowest BCUT2D eigenvalue weighted by Gasteiger charge is -2.34. The average molecular weight is 253 g/mol. The molecule has 0 amide bonds. The zero-order valence-corrected chi connectivity index (χ0v) is 12.1. The Morgan fingerprint density at radius 3 is 2.82 bits per heavy atom. The number of hydrogen-bond acceptors (Lipinski definition) is 2. The van der Waals surface area contributed by atoms with Crippen molar-refractivity contribution in [3.05, 3.63) is 0 Å². The van der Waals surface area contributed by atoms with Crippen molar-refractivity contribution in [3.63, 3.8) is 0 Å². The Morgan fingerprint density at radius 2 is 2.00 bits per heavy atom. The van der Waals surface area contributed by atoms with Crippen LogP contribution >= 0.6 is 11.8 Å². The minimum Gasteiger partial charge on any atom is -0.311 e. The molecule has 2 heteroatoms. The molecule has 0 aromatic carbocycles. The monoisotopic (exact) mass is 253 g/mol. The Morgan fingerprint density at radius 1 is 1.18 bits per heavy atom. The quantitative estimate of drug-likeness (QED) is 0.804. The summed E-state index contributed by atoms with van der Waals surface area (Å²) in [5, 5.41) is 3.94. The van der Waals surface area contributed by atoms with Gasteiger partial charge in [0.15, 0.2) is 0 Å². The van der Waals surface area contributed by atoms with E-state index in [0.29, 0.717) is 0 Å². The van der Waals surface area contributed by atoms with Gasteiger partial charge in [0.1, 0.15) is 0 Å². The van der Waals surface area contributed by atoms with Gasteiger partial charge in [-0.25, -0.2) is 0 Å². The Balaban J connectivity index is 1.53. The number of rotatable bonds is 5. The standard InChI is InChI=1S/C15H27NS/c1-10(6-7-17-2)16-15-9-11-8-14(15)13-5-3-4-12(11)13/h10-16H,3-9H2,1-2H3. The van der Waals surface area contributed by atoms with E-state index in [1.807, 2.05) is 11.8 Å². The van der Waals surface area contributed by atoms with Crippen LogP contribution in [-0.4, -0.2) is 24.1 Å². The Hall–Kier alpha value is 0.310. The summed E-state index contributed by atoms with van der Waals surface area (Å²) in [6.07, 6.45) is 11.2. The van der Waals surface area contributed by atoms with Gasteiger partial charge >= 0.3 is 0 Å². The predicted molar refractivity (Wildman–Crippen MR) is 76.4 cm³/mol. The topological polar surface area (TPSA) is 12.0 Å². The van der Waals surface area contributed by atoms with Crippen molar-refractivity contribution in [2.75, 3.05) is 12.0 Å². The van der Waals surface area contributed by atoms with Gasteiger partial charge in [0.2, 0.25) is 0 Å². The van der Waals surface area contributed by atoms with Crippen molar-refractivity contribution in [1.82, 2.24) is 5.32 Å². The summed E-state index contributed by atoms with van der Waals surface area (Å²) in [7, 11) is 0. The SMILES string of the molecule is CSCCC(C)NC1CC2CC1C1CCCC21. The lowest BCUT2D eigenvalue weighted by Crippen LogP contribution is -2.43. The summed E-state index contributed by atoms with van der Waals surface area (Å²) in [4.78, 5) is 0. The molecule has 0 aromatic rings. The summed E-state index contributed by atoms with van der Waals surface area (Å²) >= 11 is 1.98. The molecule has 3 fully saturated rings. The smallest absolute Gasteiger partial charge is 0.0103 e. The normalized spacial score (nSPS) is 45.2. The molecule has 3 saturated carbocycles. The third-order valence-electron chi connectivity index (χ3n) is 5.68. The van der Waals surface area contributed by atoms with E-state index in [1.54, 1.807) is 19.3 Å². The van der Waals surface area contributed by atoms with Crippen LogP contribution in [0.4, 0.5) is 0 Å². The van der Waals surface area contributed by atoms with E-state index in [4.69, 9.17) is 0 Å². The second kappa shape index (κ2) is 5.13. The highest BCUT2D eigenvalue weighted by molar-refractivity contribution is 7.98. The van der Waals surface area contributed by atoms with Crippen LogP contribution in [0.3, 0.4) is 0 Å². The van der Waals surface area contributed by atoms with Gasteiger partial charge < -0.3 is 5.32 Å². The van der Waals surface area contributed by atoms with Crippen LogP contribution in [0.15, 0.2) is 0 Å². The van der Waals surface area contributed by atoms with Crippen molar-refractivity contribution < 1.29 is 0 Å². The minimum absolute atomic E-state index is 0.728. The number of fused-ring (bicyclic) bond motifs is 5. The molecule has 6 atom stereocenters. The van der Waals surface area contributed by atoms with Crippen molar-refractivity contribution in [2.45, 2.75) is 57.5 Å². The van der Waals surface area contributed by atoms with Gasteiger partial charge in [0.05, 0.1) is 0 Å². The van der Waals surface area contributed by atoms with Gasteiger partial charge in [-0.2, -0.15) is 11.8 Å². The van der Waals surface area contributed by atoms with Crippen molar-refractivity contribution >= 4 is 11.8 Å². The molecule has 3 rings (SSSR count). The minimum atomic E-state index is 0.728. The van der Waals surface area contributed by atoms with E-state index < -0.39 is 0 Å². The molecule has 0 aliphatic heterocycles. The molecule has 0 aromatic heterocycles. The van der Waals surface area contributed by atoms with Crippen LogP contribution in [0.5, 0.6) is 0 Å². The highest BCUT2D eigenvalue weighted by Gasteiger charge is 2.53. The van der Waals surface area contributed by atoms with Crippen LogP contribution in [0.2, 0.25) is 0 Å². The molecule has 3 aliphatic carbocycles. The molecule has 1 N–H and O–H groups in total. The average Bonchev–Trinajstić information content (AvgIpc) is 2.96. The summed E-state index contributed by atoms with van der Waals surface area (Å²) in [6, 6.07) is 1.60.